The molecule has 3 aromatic carbocycles. The number of sulfonamides is 1. The SMILES string of the molecule is COCc1ccccc1-c1cc(Oc2ccccc2C)nc(NS(=O)(=O)c2cccc([N+](=O)[O-])c2)n1. The number of nitrogens with one attached hydrogen (secondary N) is 1. The van der Waals surface area contributed by atoms with Gasteiger partial charge in [0.2, 0.25) is 11.8 Å². The number of hydrogen-bond donors (Lipinski definition) is 1. The summed E-state index contributed by atoms with van der Waals surface area (Å²) < 4.78 is 39.7. The summed E-state index contributed by atoms with van der Waals surface area (Å²) in [6, 6.07) is 21.0. The van der Waals surface area contributed by atoms with Crippen LogP contribution in [0.25, 0.3) is 11.3 Å². The first-order valence-corrected chi connectivity index (χ1v) is 12.2. The number of non-ortho nitro benzene ring substituents is 1. The van der Waals surface area contributed by atoms with Gasteiger partial charge in [-0.15, -0.1) is 0 Å². The van der Waals surface area contributed by atoms with Crippen molar-refractivity contribution in [2.45, 2.75) is 18.4 Å². The zero-order valence-electron chi connectivity index (χ0n) is 19.4. The van der Waals surface area contributed by atoms with Crippen molar-refractivity contribution < 1.29 is 22.8 Å². The Bertz CT molecular complexity index is 1520. The normalized spacial score (nSPS) is 11.2. The Morgan fingerprint density at radius 3 is 2.47 bits per heavy atom. The van der Waals surface area contributed by atoms with Crippen molar-refractivity contribution in [3.63, 3.8) is 0 Å². The van der Waals surface area contributed by atoms with E-state index < -0.39 is 14.9 Å². The van der Waals surface area contributed by atoms with Crippen molar-refractivity contribution in [3.8, 4) is 22.9 Å². The lowest BCUT2D eigenvalue weighted by molar-refractivity contribution is -0.385. The maximum absolute atomic E-state index is 13.0. The molecule has 0 unspecified atom stereocenters. The van der Waals surface area contributed by atoms with Crippen LogP contribution in [0.1, 0.15) is 11.1 Å². The van der Waals surface area contributed by atoms with Crippen LogP contribution in [0.3, 0.4) is 0 Å². The Morgan fingerprint density at radius 1 is 0.972 bits per heavy atom. The Hall–Kier alpha value is -4.35. The first-order chi connectivity index (χ1) is 17.3. The first kappa shape index (κ1) is 24.8. The summed E-state index contributed by atoms with van der Waals surface area (Å²) in [5.41, 5.74) is 2.43. The van der Waals surface area contributed by atoms with E-state index in [0.717, 1.165) is 17.2 Å². The predicted molar refractivity (Wildman–Crippen MR) is 133 cm³/mol. The standard InChI is InChI=1S/C25H22N4O6S/c1-17-8-3-6-13-23(17)35-24-15-22(21-12-5-4-9-18(21)16-34-2)26-25(27-24)28-36(32,33)20-11-7-10-19(14-20)29(30)31/h3-15H,16H2,1-2H3,(H,26,27,28). The molecule has 0 amide bonds. The van der Waals surface area contributed by atoms with Gasteiger partial charge in [0.25, 0.3) is 15.7 Å². The number of nitro groups is 1. The molecule has 4 aromatic rings. The van der Waals surface area contributed by atoms with Crippen molar-refractivity contribution in [2.75, 3.05) is 11.8 Å². The molecule has 10 nitrogen and oxygen atoms in total. The zero-order chi connectivity index (χ0) is 25.7. The van der Waals surface area contributed by atoms with Gasteiger partial charge in [-0.3, -0.25) is 10.1 Å². The summed E-state index contributed by atoms with van der Waals surface area (Å²) in [6.45, 7) is 2.18. The third kappa shape index (κ3) is 5.65. The molecule has 0 aliphatic rings. The van der Waals surface area contributed by atoms with Gasteiger partial charge in [-0.05, 0) is 30.2 Å². The van der Waals surface area contributed by atoms with Gasteiger partial charge in [0, 0.05) is 30.9 Å². The van der Waals surface area contributed by atoms with Crippen LogP contribution in [0, 0.1) is 17.0 Å². The summed E-state index contributed by atoms with van der Waals surface area (Å²) in [5, 5.41) is 11.1. The highest BCUT2D eigenvalue weighted by atomic mass is 32.2. The minimum Gasteiger partial charge on any atom is -0.439 e. The molecule has 0 atom stereocenters. The Kier molecular flexibility index (Phi) is 7.23. The highest BCUT2D eigenvalue weighted by molar-refractivity contribution is 7.92. The minimum absolute atomic E-state index is 0.110. The predicted octanol–water partition coefficient (Wildman–Crippen LogP) is 5.10. The number of benzene rings is 3. The summed E-state index contributed by atoms with van der Waals surface area (Å²) in [7, 11) is -2.67. The quantitative estimate of drug-likeness (QED) is 0.245. The number of ether oxygens (including phenoxy) is 2. The molecule has 0 saturated carbocycles. The molecule has 4 rings (SSSR count). The summed E-state index contributed by atoms with van der Waals surface area (Å²) >= 11 is 0. The van der Waals surface area contributed by atoms with Crippen LogP contribution in [0.15, 0.2) is 83.8 Å². The van der Waals surface area contributed by atoms with E-state index in [4.69, 9.17) is 9.47 Å². The van der Waals surface area contributed by atoms with Crippen molar-refractivity contribution in [1.29, 1.82) is 0 Å². The van der Waals surface area contributed by atoms with Gasteiger partial charge in [-0.25, -0.2) is 18.1 Å². The lowest BCUT2D eigenvalue weighted by Crippen LogP contribution is -2.16. The van der Waals surface area contributed by atoms with Gasteiger partial charge in [0.1, 0.15) is 5.75 Å². The van der Waals surface area contributed by atoms with Gasteiger partial charge in [0.05, 0.1) is 22.1 Å². The van der Waals surface area contributed by atoms with Gasteiger partial charge in [-0.1, -0.05) is 48.5 Å². The number of methoxy groups -OCH3 is 1. The van der Waals surface area contributed by atoms with E-state index in [1.54, 1.807) is 19.2 Å². The van der Waals surface area contributed by atoms with Crippen LogP contribution in [0.4, 0.5) is 11.6 Å². The molecule has 0 radical (unpaired) electrons. The zero-order valence-corrected chi connectivity index (χ0v) is 20.2. The second-order valence-electron chi connectivity index (χ2n) is 7.73. The topological polar surface area (TPSA) is 134 Å². The number of aryl methyl sites for hydroxylation is 1. The summed E-state index contributed by atoms with van der Waals surface area (Å²) in [4.78, 5) is 18.8. The molecule has 0 spiro atoms. The average Bonchev–Trinajstić information content (AvgIpc) is 2.86. The number of para-hydroxylation sites is 1. The largest absolute Gasteiger partial charge is 0.439 e. The number of anilines is 1. The minimum atomic E-state index is -4.25. The summed E-state index contributed by atoms with van der Waals surface area (Å²) in [6.07, 6.45) is 0. The lowest BCUT2D eigenvalue weighted by atomic mass is 10.0. The molecule has 0 bridgehead atoms. The smallest absolute Gasteiger partial charge is 0.270 e. The molecule has 0 fully saturated rings. The van der Waals surface area contributed by atoms with Crippen LogP contribution in [-0.2, 0) is 21.4 Å². The molecular weight excluding hydrogens is 484 g/mol. The van der Waals surface area contributed by atoms with Gasteiger partial charge in [0.15, 0.2) is 0 Å². The average molecular weight is 507 g/mol. The second-order valence-corrected chi connectivity index (χ2v) is 9.42. The van der Waals surface area contributed by atoms with Crippen LogP contribution in [0.2, 0.25) is 0 Å². The van der Waals surface area contributed by atoms with Crippen LogP contribution in [-0.4, -0.2) is 30.4 Å². The number of nitrogens with zero attached hydrogens (tertiary/aromatic N) is 3. The summed E-state index contributed by atoms with van der Waals surface area (Å²) in [5.74, 6) is 0.396. The molecule has 0 saturated heterocycles. The van der Waals surface area contributed by atoms with E-state index in [1.165, 1.54) is 18.2 Å². The fraction of sp³-hybridized carbons (Fsp3) is 0.120. The molecular formula is C25H22N4O6S. The maximum Gasteiger partial charge on any atom is 0.270 e. The van der Waals surface area contributed by atoms with E-state index in [1.807, 2.05) is 49.4 Å². The molecule has 36 heavy (non-hydrogen) atoms. The van der Waals surface area contributed by atoms with E-state index in [-0.39, 0.29) is 22.4 Å². The molecule has 0 aliphatic heterocycles. The lowest BCUT2D eigenvalue weighted by Gasteiger charge is -2.14. The van der Waals surface area contributed by atoms with Crippen LogP contribution >= 0.6 is 0 Å². The Morgan fingerprint density at radius 2 is 1.72 bits per heavy atom. The highest BCUT2D eigenvalue weighted by Crippen LogP contribution is 2.30. The van der Waals surface area contributed by atoms with Crippen molar-refractivity contribution in [1.82, 2.24) is 9.97 Å². The Balaban J connectivity index is 1.79. The van der Waals surface area contributed by atoms with E-state index in [9.17, 15) is 18.5 Å². The van der Waals surface area contributed by atoms with Crippen molar-refractivity contribution in [3.05, 3.63) is 100 Å². The van der Waals surface area contributed by atoms with Crippen LogP contribution < -0.4 is 9.46 Å². The highest BCUT2D eigenvalue weighted by Gasteiger charge is 2.21. The third-order valence-electron chi connectivity index (χ3n) is 5.17. The van der Waals surface area contributed by atoms with E-state index in [0.29, 0.717) is 23.6 Å². The molecule has 1 N–H and O–H groups in total. The number of nitro benzene ring substituents is 1. The third-order valence-corrected chi connectivity index (χ3v) is 6.49. The van der Waals surface area contributed by atoms with Gasteiger partial charge < -0.3 is 9.47 Å². The van der Waals surface area contributed by atoms with Crippen LogP contribution in [0.5, 0.6) is 11.6 Å². The molecule has 11 heteroatoms. The first-order valence-electron chi connectivity index (χ1n) is 10.7. The molecule has 0 aliphatic carbocycles. The second kappa shape index (κ2) is 10.5. The molecule has 1 aromatic heterocycles. The van der Waals surface area contributed by atoms with Crippen molar-refractivity contribution in [2.24, 2.45) is 0 Å². The number of rotatable bonds is 9. The van der Waals surface area contributed by atoms with E-state index >= 15 is 0 Å². The van der Waals surface area contributed by atoms with Crippen molar-refractivity contribution >= 4 is 21.7 Å². The monoisotopic (exact) mass is 506 g/mol. The number of aromatic nitrogens is 2. The van der Waals surface area contributed by atoms with Gasteiger partial charge >= 0.3 is 0 Å². The fourth-order valence-corrected chi connectivity index (χ4v) is 4.42. The number of hydrogen-bond acceptors (Lipinski definition) is 8. The molecule has 184 valence electrons. The Labute approximate surface area is 207 Å². The molecule has 1 heterocycles. The maximum atomic E-state index is 13.0. The van der Waals surface area contributed by atoms with Gasteiger partial charge in [-0.2, -0.15) is 4.98 Å². The fourth-order valence-electron chi connectivity index (χ4n) is 3.44. The van der Waals surface area contributed by atoms with E-state index in [2.05, 4.69) is 14.7 Å².